The second kappa shape index (κ2) is 9.59. The SMILES string of the molecule is O=C(CSCc1ccccn1)NCc1ccccc1CN1CCCC1. The van der Waals surface area contributed by atoms with Crippen molar-refractivity contribution >= 4 is 17.7 Å². The number of carbonyl (C=O) groups is 1. The second-order valence-corrected chi connectivity index (χ2v) is 7.33. The number of benzene rings is 1. The molecule has 0 bridgehead atoms. The molecule has 0 atom stereocenters. The summed E-state index contributed by atoms with van der Waals surface area (Å²) in [4.78, 5) is 18.9. The molecular formula is C20H25N3OS. The molecule has 3 rings (SSSR count). The zero-order valence-electron chi connectivity index (χ0n) is 14.5. The number of carbonyl (C=O) groups excluding carboxylic acids is 1. The van der Waals surface area contributed by atoms with Gasteiger partial charge in [0.15, 0.2) is 0 Å². The van der Waals surface area contributed by atoms with Crippen LogP contribution in [0.15, 0.2) is 48.7 Å². The third kappa shape index (κ3) is 5.87. The highest BCUT2D eigenvalue weighted by Gasteiger charge is 2.13. The highest BCUT2D eigenvalue weighted by molar-refractivity contribution is 7.99. The van der Waals surface area contributed by atoms with E-state index in [0.717, 1.165) is 18.0 Å². The van der Waals surface area contributed by atoms with Crippen LogP contribution in [0.4, 0.5) is 0 Å². The van der Waals surface area contributed by atoms with Crippen molar-refractivity contribution in [2.45, 2.75) is 31.7 Å². The van der Waals surface area contributed by atoms with Crippen LogP contribution in [0.2, 0.25) is 0 Å². The van der Waals surface area contributed by atoms with Gasteiger partial charge in [-0.2, -0.15) is 0 Å². The van der Waals surface area contributed by atoms with Gasteiger partial charge in [0.2, 0.25) is 5.91 Å². The molecule has 1 aliphatic rings. The van der Waals surface area contributed by atoms with Crippen molar-refractivity contribution in [3.63, 3.8) is 0 Å². The van der Waals surface area contributed by atoms with Crippen LogP contribution in [-0.4, -0.2) is 34.6 Å². The molecule has 0 spiro atoms. The molecule has 0 unspecified atom stereocenters. The van der Waals surface area contributed by atoms with E-state index < -0.39 is 0 Å². The van der Waals surface area contributed by atoms with Crippen LogP contribution in [0.1, 0.15) is 29.7 Å². The van der Waals surface area contributed by atoms with Gasteiger partial charge in [0.25, 0.3) is 0 Å². The minimum Gasteiger partial charge on any atom is -0.351 e. The van der Waals surface area contributed by atoms with Crippen LogP contribution in [0.3, 0.4) is 0 Å². The van der Waals surface area contributed by atoms with Crippen LogP contribution >= 0.6 is 11.8 Å². The summed E-state index contributed by atoms with van der Waals surface area (Å²) in [7, 11) is 0. The molecule has 4 nitrogen and oxygen atoms in total. The minimum absolute atomic E-state index is 0.0805. The number of amides is 1. The fraction of sp³-hybridized carbons (Fsp3) is 0.400. The Labute approximate surface area is 154 Å². The first kappa shape index (κ1) is 18.0. The number of hydrogen-bond acceptors (Lipinski definition) is 4. The maximum absolute atomic E-state index is 12.1. The van der Waals surface area contributed by atoms with Gasteiger partial charge in [-0.05, 0) is 49.2 Å². The van der Waals surface area contributed by atoms with Gasteiger partial charge in [0.05, 0.1) is 11.4 Å². The topological polar surface area (TPSA) is 45.2 Å². The van der Waals surface area contributed by atoms with Gasteiger partial charge in [-0.25, -0.2) is 0 Å². The number of rotatable bonds is 8. The van der Waals surface area contributed by atoms with Crippen LogP contribution in [0, 0.1) is 0 Å². The van der Waals surface area contributed by atoms with E-state index in [9.17, 15) is 4.79 Å². The Balaban J connectivity index is 1.43. The lowest BCUT2D eigenvalue weighted by Gasteiger charge is -2.17. The maximum atomic E-state index is 12.1. The maximum Gasteiger partial charge on any atom is 0.230 e. The minimum atomic E-state index is 0.0805. The third-order valence-electron chi connectivity index (χ3n) is 4.40. The van der Waals surface area contributed by atoms with Crippen molar-refractivity contribution in [3.05, 3.63) is 65.5 Å². The molecular weight excluding hydrogens is 330 g/mol. The van der Waals surface area contributed by atoms with E-state index in [1.165, 1.54) is 37.1 Å². The first-order valence-electron chi connectivity index (χ1n) is 8.85. The predicted octanol–water partition coefficient (Wildman–Crippen LogP) is 3.23. The molecule has 5 heteroatoms. The van der Waals surface area contributed by atoms with E-state index >= 15 is 0 Å². The van der Waals surface area contributed by atoms with E-state index in [0.29, 0.717) is 12.3 Å². The molecule has 1 aliphatic heterocycles. The molecule has 132 valence electrons. The largest absolute Gasteiger partial charge is 0.351 e. The Kier molecular flexibility index (Phi) is 6.89. The zero-order valence-corrected chi connectivity index (χ0v) is 15.3. The van der Waals surface area contributed by atoms with Gasteiger partial charge in [0, 0.05) is 25.0 Å². The summed E-state index contributed by atoms with van der Waals surface area (Å²) >= 11 is 1.60. The number of nitrogens with zero attached hydrogens (tertiary/aromatic N) is 2. The van der Waals surface area contributed by atoms with Gasteiger partial charge < -0.3 is 5.32 Å². The fourth-order valence-corrected chi connectivity index (χ4v) is 3.81. The van der Waals surface area contributed by atoms with Crippen LogP contribution < -0.4 is 5.32 Å². The first-order valence-corrected chi connectivity index (χ1v) is 10.0. The quantitative estimate of drug-likeness (QED) is 0.790. The Hall–Kier alpha value is -1.85. The van der Waals surface area contributed by atoms with Crippen molar-refractivity contribution in [3.8, 4) is 0 Å². The average Bonchev–Trinajstić information content (AvgIpc) is 3.15. The number of hydrogen-bond donors (Lipinski definition) is 1. The summed E-state index contributed by atoms with van der Waals surface area (Å²) in [6.45, 7) is 3.96. The summed E-state index contributed by atoms with van der Waals surface area (Å²) in [5.74, 6) is 1.31. The summed E-state index contributed by atoms with van der Waals surface area (Å²) < 4.78 is 0. The van der Waals surface area contributed by atoms with Gasteiger partial charge in [0.1, 0.15) is 0 Å². The highest BCUT2D eigenvalue weighted by Crippen LogP contribution is 2.16. The molecule has 0 aliphatic carbocycles. The molecule has 1 N–H and O–H groups in total. The zero-order chi connectivity index (χ0) is 17.3. The van der Waals surface area contributed by atoms with Crippen molar-refractivity contribution in [1.82, 2.24) is 15.2 Å². The second-order valence-electron chi connectivity index (χ2n) is 6.34. The van der Waals surface area contributed by atoms with Gasteiger partial charge in [-0.15, -0.1) is 11.8 Å². The number of nitrogens with one attached hydrogen (secondary N) is 1. The fourth-order valence-electron chi connectivity index (χ4n) is 3.04. The molecule has 2 heterocycles. The van der Waals surface area contributed by atoms with E-state index in [1.54, 1.807) is 18.0 Å². The van der Waals surface area contributed by atoms with Crippen molar-refractivity contribution in [1.29, 1.82) is 0 Å². The van der Waals surface area contributed by atoms with Gasteiger partial charge >= 0.3 is 0 Å². The smallest absolute Gasteiger partial charge is 0.230 e. The number of likely N-dealkylation sites (tertiary alicyclic amines) is 1. The standard InChI is InChI=1S/C20H25N3OS/c24-20(16-25-15-19-9-3-4-10-21-19)22-13-17-7-1-2-8-18(17)14-23-11-5-6-12-23/h1-4,7-10H,5-6,11-16H2,(H,22,24). The monoisotopic (exact) mass is 355 g/mol. The van der Waals surface area contributed by atoms with Crippen LogP contribution in [-0.2, 0) is 23.6 Å². The Bertz CT molecular complexity index is 672. The lowest BCUT2D eigenvalue weighted by molar-refractivity contribution is -0.118. The Morgan fingerprint density at radius 1 is 1.08 bits per heavy atom. The molecule has 0 saturated carbocycles. The molecule has 2 aromatic rings. The third-order valence-corrected chi connectivity index (χ3v) is 5.36. The van der Waals surface area contributed by atoms with Crippen LogP contribution in [0.5, 0.6) is 0 Å². The molecule has 25 heavy (non-hydrogen) atoms. The Morgan fingerprint density at radius 3 is 2.60 bits per heavy atom. The summed E-state index contributed by atoms with van der Waals surface area (Å²) in [6, 6.07) is 14.3. The van der Waals surface area contributed by atoms with Crippen molar-refractivity contribution in [2.75, 3.05) is 18.8 Å². The molecule has 0 radical (unpaired) electrons. The molecule has 1 amide bonds. The highest BCUT2D eigenvalue weighted by atomic mass is 32.2. The number of pyridine rings is 1. The first-order chi connectivity index (χ1) is 12.3. The molecule has 1 saturated heterocycles. The van der Waals surface area contributed by atoms with E-state index in [2.05, 4.69) is 33.4 Å². The Morgan fingerprint density at radius 2 is 1.84 bits per heavy atom. The number of aromatic nitrogens is 1. The normalized spacial score (nSPS) is 14.6. The number of thioether (sulfide) groups is 1. The van der Waals surface area contributed by atoms with Crippen molar-refractivity contribution < 1.29 is 4.79 Å². The van der Waals surface area contributed by atoms with E-state index in [-0.39, 0.29) is 5.91 Å². The average molecular weight is 356 g/mol. The van der Waals surface area contributed by atoms with Gasteiger partial charge in [-0.1, -0.05) is 30.3 Å². The molecule has 1 aromatic heterocycles. The summed E-state index contributed by atoms with van der Waals surface area (Å²) in [5.41, 5.74) is 3.56. The van der Waals surface area contributed by atoms with Crippen molar-refractivity contribution in [2.24, 2.45) is 0 Å². The molecule has 1 aromatic carbocycles. The predicted molar refractivity (Wildman–Crippen MR) is 103 cm³/mol. The van der Waals surface area contributed by atoms with Gasteiger partial charge in [-0.3, -0.25) is 14.7 Å². The van der Waals surface area contributed by atoms with E-state index in [1.807, 2.05) is 24.3 Å². The van der Waals surface area contributed by atoms with E-state index in [4.69, 9.17) is 0 Å². The summed E-state index contributed by atoms with van der Waals surface area (Å²) in [5, 5.41) is 3.05. The lowest BCUT2D eigenvalue weighted by Crippen LogP contribution is -2.26. The lowest BCUT2D eigenvalue weighted by atomic mass is 10.1. The van der Waals surface area contributed by atoms with Crippen LogP contribution in [0.25, 0.3) is 0 Å². The summed E-state index contributed by atoms with van der Waals surface area (Å²) in [6.07, 6.45) is 4.38. The molecule has 1 fully saturated rings.